The Kier molecular flexibility index (Phi) is 6.04. The number of rotatable bonds is 7. The van der Waals surface area contributed by atoms with Crippen molar-refractivity contribution in [3.05, 3.63) is 89.2 Å². The maximum absolute atomic E-state index is 12.6. The minimum atomic E-state index is -0.627. The van der Waals surface area contributed by atoms with Crippen LogP contribution >= 0.6 is 15.9 Å². The van der Waals surface area contributed by atoms with Gasteiger partial charge in [-0.3, -0.25) is 29.0 Å². The molecule has 12 nitrogen and oxygen atoms in total. The molecule has 3 aromatic heterocycles. The van der Waals surface area contributed by atoms with E-state index in [0.29, 0.717) is 6.54 Å². The Bertz CT molecular complexity index is 1530. The van der Waals surface area contributed by atoms with Crippen LogP contribution < -0.4 is 16.7 Å². The number of hydrazone groups is 1. The van der Waals surface area contributed by atoms with Crippen LogP contribution in [0.1, 0.15) is 11.3 Å². The average molecular weight is 514 g/mol. The summed E-state index contributed by atoms with van der Waals surface area (Å²) in [5.74, 6) is 0.174. The van der Waals surface area contributed by atoms with Gasteiger partial charge >= 0.3 is 11.6 Å². The zero-order valence-corrected chi connectivity index (χ0v) is 18.6. The summed E-state index contributed by atoms with van der Waals surface area (Å²) in [4.78, 5) is 41.3. The first-order valence-electron chi connectivity index (χ1n) is 9.47. The standard InChI is InChI=1S/C20H16BrN7O5/c1-26-17-16(18(29)24-20(26)30)27(11-12-4-2-5-13(21)10-12)19(23-17)25-22-9-3-6-14-7-8-15(33-14)28(31)32/h2-10H,11H2,1H3,(H,23,25)(H,24,29,30)/b6-3+,22-9-. The number of aromatic amines is 1. The Morgan fingerprint density at radius 3 is 2.88 bits per heavy atom. The molecule has 0 spiro atoms. The number of nitrogens with one attached hydrogen (secondary N) is 2. The Labute approximate surface area is 193 Å². The molecule has 13 heteroatoms. The number of aromatic nitrogens is 4. The monoisotopic (exact) mass is 513 g/mol. The van der Waals surface area contributed by atoms with Gasteiger partial charge < -0.3 is 4.42 Å². The minimum Gasteiger partial charge on any atom is -0.401 e. The third-order valence-electron chi connectivity index (χ3n) is 4.61. The lowest BCUT2D eigenvalue weighted by Gasteiger charge is -2.08. The predicted molar refractivity (Wildman–Crippen MR) is 125 cm³/mol. The van der Waals surface area contributed by atoms with Crippen molar-refractivity contribution in [2.24, 2.45) is 12.1 Å². The maximum Gasteiger partial charge on any atom is 0.433 e. The molecule has 0 bridgehead atoms. The number of H-pyrrole nitrogens is 1. The van der Waals surface area contributed by atoms with Crippen molar-refractivity contribution in [1.82, 2.24) is 19.1 Å². The van der Waals surface area contributed by atoms with Gasteiger partial charge in [-0.15, -0.1) is 0 Å². The van der Waals surface area contributed by atoms with Crippen LogP contribution in [0.2, 0.25) is 0 Å². The lowest BCUT2D eigenvalue weighted by molar-refractivity contribution is -0.402. The predicted octanol–water partition coefficient (Wildman–Crippen LogP) is 2.85. The molecule has 0 aliphatic heterocycles. The van der Waals surface area contributed by atoms with Crippen molar-refractivity contribution in [3.63, 3.8) is 0 Å². The molecule has 168 valence electrons. The first-order valence-corrected chi connectivity index (χ1v) is 10.3. The van der Waals surface area contributed by atoms with Crippen LogP contribution in [-0.4, -0.2) is 30.2 Å². The molecule has 33 heavy (non-hydrogen) atoms. The third kappa shape index (κ3) is 4.67. The Balaban J connectivity index is 1.65. The molecular weight excluding hydrogens is 498 g/mol. The number of aryl methyl sites for hydroxylation is 1. The number of furan rings is 1. The van der Waals surface area contributed by atoms with Crippen molar-refractivity contribution in [2.45, 2.75) is 6.54 Å². The number of hydrogen-bond acceptors (Lipinski definition) is 8. The summed E-state index contributed by atoms with van der Waals surface area (Å²) in [6.45, 7) is 0.293. The van der Waals surface area contributed by atoms with Crippen LogP contribution in [0, 0.1) is 10.1 Å². The second-order valence-electron chi connectivity index (χ2n) is 6.82. The molecule has 0 unspecified atom stereocenters. The molecule has 2 N–H and O–H groups in total. The van der Waals surface area contributed by atoms with Crippen molar-refractivity contribution >= 4 is 51.2 Å². The van der Waals surface area contributed by atoms with Gasteiger partial charge in [0.25, 0.3) is 5.56 Å². The molecule has 4 aromatic rings. The summed E-state index contributed by atoms with van der Waals surface area (Å²) in [6, 6.07) is 10.3. The molecule has 4 rings (SSSR count). The van der Waals surface area contributed by atoms with Crippen LogP contribution in [-0.2, 0) is 13.6 Å². The minimum absolute atomic E-state index is 0.204. The highest BCUT2D eigenvalue weighted by Crippen LogP contribution is 2.20. The van der Waals surface area contributed by atoms with Gasteiger partial charge in [0.1, 0.15) is 10.7 Å². The number of benzene rings is 1. The van der Waals surface area contributed by atoms with Crippen LogP contribution in [0.4, 0.5) is 11.8 Å². The molecule has 0 amide bonds. The van der Waals surface area contributed by atoms with Gasteiger partial charge in [0, 0.05) is 17.7 Å². The molecule has 1 aromatic carbocycles. The van der Waals surface area contributed by atoms with Crippen LogP contribution in [0.15, 0.2) is 66.1 Å². The maximum atomic E-state index is 12.6. The Morgan fingerprint density at radius 1 is 1.33 bits per heavy atom. The van der Waals surface area contributed by atoms with Crippen molar-refractivity contribution in [3.8, 4) is 0 Å². The molecule has 0 saturated carbocycles. The summed E-state index contributed by atoms with van der Waals surface area (Å²) in [5.41, 5.74) is 2.94. The fourth-order valence-corrected chi connectivity index (χ4v) is 3.54. The van der Waals surface area contributed by atoms with E-state index in [9.17, 15) is 19.7 Å². The summed E-state index contributed by atoms with van der Waals surface area (Å²) >= 11 is 3.43. The largest absolute Gasteiger partial charge is 0.433 e. The van der Waals surface area contributed by atoms with Gasteiger partial charge in [-0.2, -0.15) is 10.1 Å². The molecule has 0 radical (unpaired) electrons. The van der Waals surface area contributed by atoms with E-state index in [1.807, 2.05) is 24.3 Å². The van der Waals surface area contributed by atoms with Crippen LogP contribution in [0.25, 0.3) is 17.2 Å². The Morgan fingerprint density at radius 2 is 2.15 bits per heavy atom. The van der Waals surface area contributed by atoms with Crippen LogP contribution in [0.3, 0.4) is 0 Å². The second-order valence-corrected chi connectivity index (χ2v) is 7.74. The van der Waals surface area contributed by atoms with Gasteiger partial charge in [-0.1, -0.05) is 28.1 Å². The highest BCUT2D eigenvalue weighted by Gasteiger charge is 2.17. The highest BCUT2D eigenvalue weighted by molar-refractivity contribution is 9.10. The lowest BCUT2D eigenvalue weighted by Crippen LogP contribution is -2.29. The molecule has 0 fully saturated rings. The van der Waals surface area contributed by atoms with E-state index in [4.69, 9.17) is 4.42 Å². The van der Waals surface area contributed by atoms with E-state index in [1.165, 1.54) is 42.1 Å². The third-order valence-corrected chi connectivity index (χ3v) is 5.11. The molecule has 0 atom stereocenters. The van der Waals surface area contributed by atoms with Gasteiger partial charge in [0.2, 0.25) is 5.95 Å². The number of fused-ring (bicyclic) bond motifs is 1. The fourth-order valence-electron chi connectivity index (χ4n) is 3.10. The Hall–Kier alpha value is -4.26. The SMILES string of the molecule is Cn1c(=O)[nH]c(=O)c2c1nc(N/N=C\C=C\c1ccc([N+](=O)[O-])o1)n2Cc1cccc(Br)c1. The number of imidazole rings is 1. The van der Waals surface area contributed by atoms with Gasteiger partial charge in [-0.25, -0.2) is 10.2 Å². The number of halogens is 1. The van der Waals surface area contributed by atoms with Crippen molar-refractivity contribution < 1.29 is 9.34 Å². The molecular formula is C20H16BrN7O5. The first kappa shape index (κ1) is 22.0. The second kappa shape index (κ2) is 9.08. The zero-order chi connectivity index (χ0) is 23.5. The highest BCUT2D eigenvalue weighted by atomic mass is 79.9. The van der Waals surface area contributed by atoms with E-state index < -0.39 is 16.2 Å². The number of nitro groups is 1. The molecule has 0 saturated heterocycles. The molecule has 0 aliphatic carbocycles. The lowest BCUT2D eigenvalue weighted by atomic mass is 10.2. The quantitative estimate of drug-likeness (QED) is 0.218. The summed E-state index contributed by atoms with van der Waals surface area (Å²) in [5, 5.41) is 14.7. The summed E-state index contributed by atoms with van der Waals surface area (Å²) < 4.78 is 8.76. The van der Waals surface area contributed by atoms with E-state index in [0.717, 1.165) is 10.0 Å². The normalized spacial score (nSPS) is 11.7. The molecule has 3 heterocycles. The number of nitrogens with zero attached hydrogens (tertiary/aromatic N) is 5. The number of anilines is 1. The summed E-state index contributed by atoms with van der Waals surface area (Å²) in [6.07, 6.45) is 4.40. The van der Waals surface area contributed by atoms with Gasteiger partial charge in [0.05, 0.1) is 12.6 Å². The van der Waals surface area contributed by atoms with Crippen molar-refractivity contribution in [2.75, 3.05) is 5.43 Å². The number of allylic oxidation sites excluding steroid dienone is 1. The van der Waals surface area contributed by atoms with E-state index in [1.54, 1.807) is 4.57 Å². The van der Waals surface area contributed by atoms with Gasteiger partial charge in [-0.05, 0) is 35.9 Å². The number of hydrogen-bond donors (Lipinski definition) is 2. The van der Waals surface area contributed by atoms with E-state index in [2.05, 4.69) is 36.4 Å². The van der Waals surface area contributed by atoms with E-state index in [-0.39, 0.29) is 28.8 Å². The van der Waals surface area contributed by atoms with Crippen molar-refractivity contribution in [1.29, 1.82) is 0 Å². The topological polar surface area (TPSA) is 153 Å². The zero-order valence-electron chi connectivity index (χ0n) is 17.1. The van der Waals surface area contributed by atoms with Gasteiger partial charge in [0.15, 0.2) is 11.2 Å². The molecule has 0 aliphatic rings. The average Bonchev–Trinajstić information content (AvgIpc) is 3.38. The van der Waals surface area contributed by atoms with E-state index >= 15 is 0 Å². The fraction of sp³-hybridized carbons (Fsp3) is 0.100. The summed E-state index contributed by atoms with van der Waals surface area (Å²) in [7, 11) is 1.51. The van der Waals surface area contributed by atoms with Crippen LogP contribution in [0.5, 0.6) is 0 Å². The first-order chi connectivity index (χ1) is 15.8. The smallest absolute Gasteiger partial charge is 0.401 e.